The molecule has 4 nitrogen and oxygen atoms in total. The zero-order valence-electron chi connectivity index (χ0n) is 6.71. The average Bonchev–Trinajstić information content (AvgIpc) is 2.49. The Labute approximate surface area is 75.8 Å². The molecule has 0 aliphatic heterocycles. The molecule has 68 valence electrons. The molecule has 1 heterocycles. The van der Waals surface area contributed by atoms with E-state index in [4.69, 9.17) is 14.4 Å². The van der Waals surface area contributed by atoms with Gasteiger partial charge in [0.15, 0.2) is 0 Å². The summed E-state index contributed by atoms with van der Waals surface area (Å²) in [5, 5.41) is 1.28. The Kier molecular flexibility index (Phi) is 3.58. The van der Waals surface area contributed by atoms with Crippen molar-refractivity contribution in [3.8, 4) is 0 Å². The lowest BCUT2D eigenvalue weighted by atomic mass is 10.3. The van der Waals surface area contributed by atoms with Gasteiger partial charge in [-0.25, -0.2) is 0 Å². The highest BCUT2D eigenvalue weighted by molar-refractivity contribution is 7.30. The number of rotatable bonds is 0. The Balaban J connectivity index is 0.000000184. The molecule has 1 aromatic carbocycles. The second-order valence-electron chi connectivity index (χ2n) is 2.32. The fraction of sp³-hybridized carbons (Fsp3) is 0. The third-order valence-corrected chi connectivity index (χ3v) is 1.46. The first-order valence-electron chi connectivity index (χ1n) is 3.57. The maximum Gasteiger partial charge on any atom is 0.692 e. The zero-order valence-corrected chi connectivity index (χ0v) is 7.61. The van der Waals surface area contributed by atoms with E-state index >= 15 is 0 Å². The number of fused-ring (bicyclic) bond motifs is 1. The highest BCUT2D eigenvalue weighted by Gasteiger charge is 1.93. The molecule has 0 saturated heterocycles. The van der Waals surface area contributed by atoms with E-state index < -0.39 is 8.25 Å². The van der Waals surface area contributed by atoms with E-state index in [1.54, 1.807) is 0 Å². The molecule has 0 radical (unpaired) electrons. The molecule has 0 spiro atoms. The van der Waals surface area contributed by atoms with Crippen LogP contribution in [0.15, 0.2) is 36.5 Å². The number of H-pyrrole nitrogens is 1. The van der Waals surface area contributed by atoms with E-state index in [0.29, 0.717) is 0 Å². The summed E-state index contributed by atoms with van der Waals surface area (Å²) < 4.78 is 8.70. The second-order valence-corrected chi connectivity index (χ2v) is 2.82. The summed E-state index contributed by atoms with van der Waals surface area (Å²) in [6, 6.07) is 10.3. The maximum atomic E-state index is 8.70. The third kappa shape index (κ3) is 3.34. The molecule has 3 N–H and O–H groups in total. The molecule has 0 atom stereocenters. The maximum absolute atomic E-state index is 8.70. The van der Waals surface area contributed by atoms with Crippen molar-refractivity contribution >= 4 is 19.2 Å². The molecule has 0 saturated carbocycles. The van der Waals surface area contributed by atoms with Gasteiger partial charge < -0.3 is 4.98 Å². The lowest BCUT2D eigenvalue weighted by Crippen LogP contribution is -1.61. The van der Waals surface area contributed by atoms with Crippen molar-refractivity contribution in [2.45, 2.75) is 0 Å². The van der Waals surface area contributed by atoms with Crippen molar-refractivity contribution in [1.82, 2.24) is 4.98 Å². The van der Waals surface area contributed by atoms with Gasteiger partial charge in [0.2, 0.25) is 0 Å². The third-order valence-electron chi connectivity index (χ3n) is 1.46. The normalized spacial score (nSPS) is 9.08. The predicted molar refractivity (Wildman–Crippen MR) is 50.3 cm³/mol. The van der Waals surface area contributed by atoms with E-state index in [1.807, 2.05) is 18.3 Å². The largest absolute Gasteiger partial charge is 0.692 e. The van der Waals surface area contributed by atoms with Crippen LogP contribution in [0, 0.1) is 0 Å². The Morgan fingerprint density at radius 1 is 1.15 bits per heavy atom. The quantitative estimate of drug-likeness (QED) is 0.565. The summed E-state index contributed by atoms with van der Waals surface area (Å²) in [7, 11) is -2.87. The van der Waals surface area contributed by atoms with Crippen molar-refractivity contribution in [3.63, 3.8) is 0 Å². The molecule has 0 amide bonds. The van der Waals surface area contributed by atoms with Gasteiger partial charge in [-0.1, -0.05) is 18.2 Å². The Bertz CT molecular complexity index is 365. The van der Waals surface area contributed by atoms with Crippen LogP contribution in [0.1, 0.15) is 0 Å². The van der Waals surface area contributed by atoms with Gasteiger partial charge >= 0.3 is 8.25 Å². The van der Waals surface area contributed by atoms with Gasteiger partial charge in [0.25, 0.3) is 0 Å². The summed E-state index contributed by atoms with van der Waals surface area (Å²) >= 11 is 0. The standard InChI is InChI=1S/C8H7N.HO3P/c1-2-4-8-7(3-1)5-6-9-8;1-4(2)3/h1-6,9H;(H-,1,2,3)/p+1. The predicted octanol–water partition coefficient (Wildman–Crippen LogP) is 1.80. The number of hydrogen-bond donors (Lipinski definition) is 3. The summed E-state index contributed by atoms with van der Waals surface area (Å²) in [6.07, 6.45) is 1.95. The molecule has 0 bridgehead atoms. The highest BCUT2D eigenvalue weighted by Crippen LogP contribution is 2.09. The number of nitrogens with one attached hydrogen (secondary N) is 1. The van der Waals surface area contributed by atoms with Gasteiger partial charge in [0.1, 0.15) is 0 Å². The molecule has 2 aromatic rings. The smallest absolute Gasteiger partial charge is 0.361 e. The molecule has 2 rings (SSSR count). The molecule has 0 aliphatic rings. The second kappa shape index (κ2) is 4.72. The van der Waals surface area contributed by atoms with E-state index in [9.17, 15) is 0 Å². The van der Waals surface area contributed by atoms with E-state index in [1.165, 1.54) is 10.9 Å². The Hall–Kier alpha value is -1.22. The fourth-order valence-corrected chi connectivity index (χ4v) is 0.995. The summed E-state index contributed by atoms with van der Waals surface area (Å²) in [4.78, 5) is 17.4. The summed E-state index contributed by atoms with van der Waals surface area (Å²) in [5.74, 6) is 0. The van der Waals surface area contributed by atoms with Crippen LogP contribution in [0.3, 0.4) is 0 Å². The topological polar surface area (TPSA) is 73.3 Å². The van der Waals surface area contributed by atoms with Gasteiger partial charge in [-0.05, 0) is 17.5 Å². The van der Waals surface area contributed by atoms with Crippen LogP contribution in [0.2, 0.25) is 0 Å². The van der Waals surface area contributed by atoms with Crippen molar-refractivity contribution in [3.05, 3.63) is 36.5 Å². The molecular formula is C8H9NO3P+. The minimum Gasteiger partial charge on any atom is -0.361 e. The van der Waals surface area contributed by atoms with E-state index in [0.717, 1.165) is 0 Å². The minimum atomic E-state index is -2.87. The number of hydrogen-bond acceptors (Lipinski definition) is 1. The van der Waals surface area contributed by atoms with Crippen LogP contribution in [-0.4, -0.2) is 14.8 Å². The molecular weight excluding hydrogens is 189 g/mol. The fourth-order valence-electron chi connectivity index (χ4n) is 0.995. The number of aromatic amines is 1. The van der Waals surface area contributed by atoms with Gasteiger partial charge in [-0.15, -0.1) is 9.79 Å². The number of para-hydroxylation sites is 1. The first-order chi connectivity index (χ1) is 6.20. The van der Waals surface area contributed by atoms with Crippen LogP contribution in [0.5, 0.6) is 0 Å². The first-order valence-corrected chi connectivity index (χ1v) is 4.74. The van der Waals surface area contributed by atoms with Crippen molar-refractivity contribution in [2.75, 3.05) is 0 Å². The van der Waals surface area contributed by atoms with Crippen molar-refractivity contribution < 1.29 is 14.4 Å². The SMILES string of the molecule is O=[P+](O)O.c1ccc2[nH]ccc2c1. The lowest BCUT2D eigenvalue weighted by molar-refractivity contribution is 0.405. The number of aromatic nitrogens is 1. The molecule has 13 heavy (non-hydrogen) atoms. The zero-order chi connectivity index (χ0) is 9.68. The van der Waals surface area contributed by atoms with E-state index in [2.05, 4.69) is 23.2 Å². The van der Waals surface area contributed by atoms with Crippen LogP contribution < -0.4 is 0 Å². The first kappa shape index (κ1) is 9.86. The summed E-state index contributed by atoms with van der Waals surface area (Å²) in [6.45, 7) is 0. The highest BCUT2D eigenvalue weighted by atomic mass is 31.1. The van der Waals surface area contributed by atoms with Crippen LogP contribution in [-0.2, 0) is 4.57 Å². The van der Waals surface area contributed by atoms with Crippen molar-refractivity contribution in [1.29, 1.82) is 0 Å². The minimum absolute atomic E-state index is 1.21. The van der Waals surface area contributed by atoms with Crippen LogP contribution in [0.25, 0.3) is 10.9 Å². The lowest BCUT2D eigenvalue weighted by Gasteiger charge is -1.83. The van der Waals surface area contributed by atoms with Gasteiger partial charge in [-0.2, -0.15) is 0 Å². The molecule has 0 unspecified atom stereocenters. The Morgan fingerprint density at radius 2 is 1.77 bits per heavy atom. The van der Waals surface area contributed by atoms with Gasteiger partial charge in [0.05, 0.1) is 0 Å². The molecule has 0 fully saturated rings. The van der Waals surface area contributed by atoms with Gasteiger partial charge in [0, 0.05) is 16.3 Å². The molecule has 0 aliphatic carbocycles. The monoisotopic (exact) mass is 198 g/mol. The molecule has 5 heteroatoms. The van der Waals surface area contributed by atoms with Crippen molar-refractivity contribution in [2.24, 2.45) is 0 Å². The summed E-state index contributed by atoms with van der Waals surface area (Å²) in [5.41, 5.74) is 1.21. The van der Waals surface area contributed by atoms with Crippen LogP contribution >= 0.6 is 8.25 Å². The van der Waals surface area contributed by atoms with Crippen LogP contribution in [0.4, 0.5) is 0 Å². The Morgan fingerprint density at radius 3 is 2.38 bits per heavy atom. The number of benzene rings is 1. The van der Waals surface area contributed by atoms with E-state index in [-0.39, 0.29) is 0 Å². The average molecular weight is 198 g/mol. The van der Waals surface area contributed by atoms with Gasteiger partial charge in [-0.3, -0.25) is 0 Å². The molecule has 1 aromatic heterocycles.